The van der Waals surface area contributed by atoms with Crippen molar-refractivity contribution >= 4 is 5.96 Å². The Bertz CT molecular complexity index is 540. The van der Waals surface area contributed by atoms with Crippen LogP contribution in [0, 0.1) is 5.92 Å². The van der Waals surface area contributed by atoms with Crippen molar-refractivity contribution in [2.24, 2.45) is 10.9 Å². The molecule has 1 unspecified atom stereocenters. The van der Waals surface area contributed by atoms with Gasteiger partial charge in [0.15, 0.2) is 5.96 Å². The van der Waals surface area contributed by atoms with Crippen LogP contribution in [0.2, 0.25) is 0 Å². The van der Waals surface area contributed by atoms with Gasteiger partial charge in [-0.3, -0.25) is 4.99 Å². The van der Waals surface area contributed by atoms with E-state index < -0.39 is 13.0 Å². The van der Waals surface area contributed by atoms with Gasteiger partial charge in [0.25, 0.3) is 6.43 Å². The lowest BCUT2D eigenvalue weighted by atomic mass is 10.1. The monoisotopic (exact) mass is 341 g/mol. The summed E-state index contributed by atoms with van der Waals surface area (Å²) in [5.41, 5.74) is 0.954. The number of nitrogens with one attached hydrogen (secondary N) is 1. The van der Waals surface area contributed by atoms with Crippen molar-refractivity contribution < 1.29 is 18.3 Å². The lowest BCUT2D eigenvalue weighted by Crippen LogP contribution is -2.39. The van der Waals surface area contributed by atoms with Crippen LogP contribution in [0.3, 0.4) is 0 Å². The second-order valence-electron chi connectivity index (χ2n) is 5.81. The molecule has 0 saturated carbocycles. The van der Waals surface area contributed by atoms with E-state index in [0.717, 1.165) is 37.6 Å². The first-order chi connectivity index (χ1) is 11.6. The highest BCUT2D eigenvalue weighted by Crippen LogP contribution is 2.17. The molecule has 0 radical (unpaired) electrons. The summed E-state index contributed by atoms with van der Waals surface area (Å²) in [6, 6.07) is 7.16. The second kappa shape index (κ2) is 9.42. The van der Waals surface area contributed by atoms with E-state index in [9.17, 15) is 8.78 Å². The average Bonchev–Trinajstić information content (AvgIpc) is 3.03. The number of halogens is 2. The van der Waals surface area contributed by atoms with E-state index in [2.05, 4.69) is 15.2 Å². The van der Waals surface area contributed by atoms with Crippen LogP contribution in [-0.2, 0) is 11.3 Å². The number of hydrogen-bond acceptors (Lipinski definition) is 3. The largest absolute Gasteiger partial charge is 0.488 e. The van der Waals surface area contributed by atoms with Gasteiger partial charge in [0.05, 0.1) is 6.61 Å². The van der Waals surface area contributed by atoms with E-state index in [4.69, 9.17) is 9.47 Å². The third kappa shape index (κ3) is 5.63. The molecule has 5 nitrogen and oxygen atoms in total. The first-order valence-electron chi connectivity index (χ1n) is 8.06. The lowest BCUT2D eigenvalue weighted by Gasteiger charge is -2.21. The van der Waals surface area contributed by atoms with Crippen LogP contribution >= 0.6 is 0 Å². The summed E-state index contributed by atoms with van der Waals surface area (Å²) in [5, 5.41) is 3.31. The molecule has 1 aromatic carbocycles. The Morgan fingerprint density at radius 3 is 3.00 bits per heavy atom. The number of rotatable bonds is 7. The molecule has 134 valence electrons. The van der Waals surface area contributed by atoms with Crippen LogP contribution in [0.15, 0.2) is 29.3 Å². The topological polar surface area (TPSA) is 46.1 Å². The highest BCUT2D eigenvalue weighted by Gasteiger charge is 2.24. The molecule has 1 N–H and O–H groups in total. The highest BCUT2D eigenvalue weighted by molar-refractivity contribution is 5.80. The molecular weight excluding hydrogens is 316 g/mol. The van der Waals surface area contributed by atoms with Gasteiger partial charge >= 0.3 is 0 Å². The summed E-state index contributed by atoms with van der Waals surface area (Å²) in [7, 11) is 3.48. The Hall–Kier alpha value is -1.89. The molecular formula is C17H25F2N3O2. The van der Waals surface area contributed by atoms with Crippen molar-refractivity contribution in [3.63, 3.8) is 0 Å². The number of guanidine groups is 1. The molecule has 0 bridgehead atoms. The SMILES string of the molecule is CN=C(NCc1cccc(OCC(F)F)c1)N1CCC(COC)C1. The summed E-state index contributed by atoms with van der Waals surface area (Å²) in [5.74, 6) is 1.82. The maximum absolute atomic E-state index is 12.2. The Morgan fingerprint density at radius 1 is 1.46 bits per heavy atom. The fraction of sp³-hybridized carbons (Fsp3) is 0.588. The van der Waals surface area contributed by atoms with Gasteiger partial charge in [-0.25, -0.2) is 8.78 Å². The van der Waals surface area contributed by atoms with Gasteiger partial charge in [-0.1, -0.05) is 12.1 Å². The third-order valence-corrected chi connectivity index (χ3v) is 3.92. The molecule has 0 aromatic heterocycles. The molecule has 0 aliphatic carbocycles. The van der Waals surface area contributed by atoms with E-state index in [1.807, 2.05) is 6.07 Å². The zero-order valence-corrected chi connectivity index (χ0v) is 14.2. The molecule has 2 rings (SSSR count). The average molecular weight is 341 g/mol. The van der Waals surface area contributed by atoms with E-state index in [1.54, 1.807) is 32.4 Å². The molecule has 1 aliphatic heterocycles. The number of aliphatic imine (C=N–C) groups is 1. The van der Waals surface area contributed by atoms with E-state index in [-0.39, 0.29) is 0 Å². The molecule has 1 heterocycles. The van der Waals surface area contributed by atoms with Crippen molar-refractivity contribution in [2.75, 3.05) is 40.5 Å². The molecule has 0 amide bonds. The molecule has 1 aromatic rings. The van der Waals surface area contributed by atoms with Gasteiger partial charge in [0, 0.05) is 39.7 Å². The minimum atomic E-state index is -2.47. The Morgan fingerprint density at radius 2 is 2.29 bits per heavy atom. The Kier molecular flexibility index (Phi) is 7.24. The van der Waals surface area contributed by atoms with Crippen LogP contribution in [0.1, 0.15) is 12.0 Å². The minimum Gasteiger partial charge on any atom is -0.488 e. The van der Waals surface area contributed by atoms with Crippen molar-refractivity contribution in [1.82, 2.24) is 10.2 Å². The molecule has 1 saturated heterocycles. The van der Waals surface area contributed by atoms with Crippen molar-refractivity contribution in [2.45, 2.75) is 19.4 Å². The van der Waals surface area contributed by atoms with Crippen LogP contribution in [0.4, 0.5) is 8.78 Å². The zero-order valence-electron chi connectivity index (χ0n) is 14.2. The minimum absolute atomic E-state index is 0.450. The summed E-state index contributed by atoms with van der Waals surface area (Å²) >= 11 is 0. The normalized spacial score (nSPS) is 18.3. The smallest absolute Gasteiger partial charge is 0.272 e. The summed E-state index contributed by atoms with van der Waals surface area (Å²) in [6.07, 6.45) is -1.38. The molecule has 24 heavy (non-hydrogen) atoms. The number of ether oxygens (including phenoxy) is 2. The number of likely N-dealkylation sites (tertiary alicyclic amines) is 1. The summed E-state index contributed by atoms with van der Waals surface area (Å²) in [6.45, 7) is 2.60. The second-order valence-corrected chi connectivity index (χ2v) is 5.81. The maximum atomic E-state index is 12.2. The maximum Gasteiger partial charge on any atom is 0.272 e. The third-order valence-electron chi connectivity index (χ3n) is 3.92. The fourth-order valence-electron chi connectivity index (χ4n) is 2.81. The quantitative estimate of drug-likeness (QED) is 0.611. The summed E-state index contributed by atoms with van der Waals surface area (Å²) < 4.78 is 34.7. The first kappa shape index (κ1) is 18.4. The van der Waals surface area contributed by atoms with Crippen molar-refractivity contribution in [1.29, 1.82) is 0 Å². The van der Waals surface area contributed by atoms with Crippen LogP contribution in [0.25, 0.3) is 0 Å². The first-order valence-corrected chi connectivity index (χ1v) is 8.06. The Labute approximate surface area is 141 Å². The van der Waals surface area contributed by atoms with Gasteiger partial charge in [0.2, 0.25) is 0 Å². The van der Waals surface area contributed by atoms with Crippen LogP contribution in [0.5, 0.6) is 5.75 Å². The number of nitrogens with zero attached hydrogens (tertiary/aromatic N) is 2. The van der Waals surface area contributed by atoms with Gasteiger partial charge in [-0.15, -0.1) is 0 Å². The molecule has 1 fully saturated rings. The van der Waals surface area contributed by atoms with Gasteiger partial charge in [-0.2, -0.15) is 0 Å². The van der Waals surface area contributed by atoms with Crippen LogP contribution in [-0.4, -0.2) is 57.7 Å². The predicted octanol–water partition coefficient (Wildman–Crippen LogP) is 2.37. The number of hydrogen-bond donors (Lipinski definition) is 1. The van der Waals surface area contributed by atoms with Gasteiger partial charge in [0.1, 0.15) is 12.4 Å². The highest BCUT2D eigenvalue weighted by atomic mass is 19.3. The number of benzene rings is 1. The lowest BCUT2D eigenvalue weighted by molar-refractivity contribution is 0.0818. The van der Waals surface area contributed by atoms with E-state index in [1.165, 1.54) is 0 Å². The molecule has 1 aliphatic rings. The van der Waals surface area contributed by atoms with Gasteiger partial charge in [-0.05, 0) is 24.1 Å². The molecule has 7 heteroatoms. The van der Waals surface area contributed by atoms with E-state index in [0.29, 0.717) is 18.2 Å². The van der Waals surface area contributed by atoms with Crippen molar-refractivity contribution in [3.8, 4) is 5.75 Å². The van der Waals surface area contributed by atoms with Gasteiger partial charge < -0.3 is 19.7 Å². The standard InChI is InChI=1S/C17H25F2N3O2/c1-20-17(22-7-6-14(10-22)11-23-2)21-9-13-4-3-5-15(8-13)24-12-16(18)19/h3-5,8,14,16H,6-7,9-12H2,1-2H3,(H,20,21). The summed E-state index contributed by atoms with van der Waals surface area (Å²) in [4.78, 5) is 6.53. The molecule has 1 atom stereocenters. The molecule has 0 spiro atoms. The van der Waals surface area contributed by atoms with E-state index >= 15 is 0 Å². The fourth-order valence-corrected chi connectivity index (χ4v) is 2.81. The Balaban J connectivity index is 1.86. The van der Waals surface area contributed by atoms with Crippen LogP contribution < -0.4 is 10.1 Å². The predicted molar refractivity (Wildman–Crippen MR) is 89.7 cm³/mol. The number of alkyl halides is 2. The number of methoxy groups -OCH3 is 1. The zero-order chi connectivity index (χ0) is 17.4. The van der Waals surface area contributed by atoms with Crippen molar-refractivity contribution in [3.05, 3.63) is 29.8 Å².